The Hall–Kier alpha value is -8.54. The number of allylic oxidation sites excluding steroid dienone is 1. The van der Waals surface area contributed by atoms with E-state index in [4.69, 9.17) is 4.74 Å². The average molecular weight is 1580 g/mol. The summed E-state index contributed by atoms with van der Waals surface area (Å²) in [6, 6.07) is 53.3. The van der Waals surface area contributed by atoms with Gasteiger partial charge in [-0.25, -0.2) is 0 Å². The Morgan fingerprint density at radius 3 is 1.17 bits per heavy atom. The van der Waals surface area contributed by atoms with Crippen molar-refractivity contribution in [2.45, 2.75) is 280 Å². The van der Waals surface area contributed by atoms with Crippen LogP contribution in [0.2, 0.25) is 0 Å². The van der Waals surface area contributed by atoms with E-state index in [1.54, 1.807) is 0 Å². The van der Waals surface area contributed by atoms with E-state index in [2.05, 4.69) is 377 Å². The predicted octanol–water partition coefficient (Wildman–Crippen LogP) is 19.9. The molecule has 17 heteroatoms. The number of aryl methyl sites for hydroxylation is 3. The number of hydrogen-bond acceptors (Lipinski definition) is 14. The SMILES string of the molecule is C=C1CCC2CN(c3ccc(C(C)(C)C)cc3)CCN12.C=C1OCC2CN(c3ccc(C(C)(C)C)cc3)CCN12.CC(C)(C)c1ccc(N2CCN3CCCC3C2)cc1.Cc1ccc2n1C(C)CN(c1ccc(C(C)(C)C)cc1)C2.Cc1nnc2n1C(C)CN(C(C)(C)C)C2.Cc1nnc2n1C(C)CN(c1ccc(C(C)(C)C)cc1)C2. The van der Waals surface area contributed by atoms with Crippen molar-refractivity contribution in [2.24, 2.45) is 0 Å². The minimum absolute atomic E-state index is 0.199. The summed E-state index contributed by atoms with van der Waals surface area (Å²) in [5, 5.41) is 16.9. The van der Waals surface area contributed by atoms with E-state index in [0.29, 0.717) is 30.2 Å². The maximum absolute atomic E-state index is 5.55. The fourth-order valence-electron chi connectivity index (χ4n) is 18.5. The van der Waals surface area contributed by atoms with Crippen LogP contribution in [0, 0.1) is 20.8 Å². The molecule has 17 rings (SSSR count). The lowest BCUT2D eigenvalue weighted by Crippen LogP contribution is -2.50. The molecule has 0 spiro atoms. The molecule has 0 N–H and O–H groups in total. The molecule has 9 aliphatic heterocycles. The Kier molecular flexibility index (Phi) is 26.3. The molecule has 17 nitrogen and oxygen atoms in total. The second-order valence-corrected chi connectivity index (χ2v) is 40.9. The Balaban J connectivity index is 0.000000129. The van der Waals surface area contributed by atoms with Crippen LogP contribution < -0.4 is 24.5 Å². The lowest BCUT2D eigenvalue weighted by Gasteiger charge is -2.40. The molecule has 0 amide bonds. The molecule has 3 aromatic heterocycles. The van der Waals surface area contributed by atoms with Crippen LogP contribution in [0.1, 0.15) is 252 Å². The first-order valence-electron chi connectivity index (χ1n) is 43.8. The van der Waals surface area contributed by atoms with Gasteiger partial charge in [0.2, 0.25) is 0 Å². The third-order valence-corrected chi connectivity index (χ3v) is 25.8. The van der Waals surface area contributed by atoms with E-state index in [9.17, 15) is 0 Å². The van der Waals surface area contributed by atoms with Gasteiger partial charge in [0, 0.05) is 154 Å². The maximum atomic E-state index is 5.55. The van der Waals surface area contributed by atoms with E-state index in [-0.39, 0.29) is 32.6 Å². The Morgan fingerprint density at radius 1 is 0.353 bits per heavy atom. The fourth-order valence-corrected chi connectivity index (χ4v) is 18.5. The minimum atomic E-state index is 0.199. The third-order valence-electron chi connectivity index (χ3n) is 25.8. The summed E-state index contributed by atoms with van der Waals surface area (Å²) in [5.74, 6) is 5.05. The standard InChI is InChI=1S/C19H26N2.C18H26N2.C17H24N4.C17H24N2O.C17H26N2.C11H20N4/c1-14-6-9-18-13-20(12-15(2)21(14)18)17-10-7-16(8-11-17)19(3,4)5;1-14-5-8-17-13-19(11-12-20(14)17)16-9-6-15(7-10-16)18(2,3)4;1-12-10-20(11-16-19-18-13(2)21(12)16)15-8-6-14(7-9-15)17(3,4)5;1-13-19-10-9-18(11-16(19)12-20-13)15-7-5-14(6-8-15)17(2,3)4;1-17(2,3)14-6-8-15(9-7-14)19-12-11-18-10-4-5-16(18)13-19;1-8-6-14(11(3,4)5)7-10-13-12-9(2)15(8)10/h6-11,15H,12-13H2,1-5H3;6-7,9-10,17H,1,5,8,11-13H2,2-4H3;6-9,12H,10-11H2,1-5H3;5-8,16H,1,9-12H2,2-4H3;6-9,16H,4-5,10-13H2,1-3H3;8H,6-7H2,1-5H3. The minimum Gasteiger partial charge on any atom is -0.477 e. The van der Waals surface area contributed by atoms with Crippen LogP contribution in [0.15, 0.2) is 158 Å². The lowest BCUT2D eigenvalue weighted by atomic mass is 9.87. The van der Waals surface area contributed by atoms with Crippen LogP contribution in [0.3, 0.4) is 0 Å². The molecule has 6 atom stereocenters. The normalized spacial score (nSPS) is 21.7. The van der Waals surface area contributed by atoms with Gasteiger partial charge >= 0.3 is 0 Å². The summed E-state index contributed by atoms with van der Waals surface area (Å²) in [4.78, 5) is 22.4. The molecule has 6 saturated heterocycles. The summed E-state index contributed by atoms with van der Waals surface area (Å²) in [6.45, 7) is 80.0. The third kappa shape index (κ3) is 20.8. The summed E-state index contributed by atoms with van der Waals surface area (Å²) in [6.07, 6.45) is 5.23. The highest BCUT2D eigenvalue weighted by Crippen LogP contribution is 2.38. The summed E-state index contributed by atoms with van der Waals surface area (Å²) < 4.78 is 12.5. The van der Waals surface area contributed by atoms with Crippen LogP contribution in [-0.2, 0) is 51.4 Å². The van der Waals surface area contributed by atoms with Crippen LogP contribution in [0.5, 0.6) is 0 Å². The molecular weight excluding hydrogens is 1430 g/mol. The molecule has 628 valence electrons. The number of rotatable bonds is 5. The van der Waals surface area contributed by atoms with Crippen molar-refractivity contribution in [3.8, 4) is 0 Å². The van der Waals surface area contributed by atoms with Crippen molar-refractivity contribution in [1.29, 1.82) is 0 Å². The number of hydrogen-bond donors (Lipinski definition) is 0. The van der Waals surface area contributed by atoms with Gasteiger partial charge in [-0.15, -0.1) is 20.4 Å². The smallest absolute Gasteiger partial charge is 0.182 e. The van der Waals surface area contributed by atoms with Gasteiger partial charge in [0.05, 0.1) is 31.7 Å². The van der Waals surface area contributed by atoms with Gasteiger partial charge in [0.1, 0.15) is 24.1 Å². The van der Waals surface area contributed by atoms with Gasteiger partial charge in [-0.2, -0.15) is 0 Å². The van der Waals surface area contributed by atoms with E-state index < -0.39 is 0 Å². The predicted molar refractivity (Wildman–Crippen MR) is 486 cm³/mol. The zero-order valence-electron chi connectivity index (χ0n) is 76.0. The number of piperazine rings is 3. The van der Waals surface area contributed by atoms with Crippen molar-refractivity contribution in [3.05, 3.63) is 221 Å². The summed E-state index contributed by atoms with van der Waals surface area (Å²) in [7, 11) is 0. The molecule has 9 aliphatic rings. The van der Waals surface area contributed by atoms with Crippen molar-refractivity contribution in [3.63, 3.8) is 0 Å². The van der Waals surface area contributed by atoms with Crippen molar-refractivity contribution >= 4 is 28.4 Å². The molecule has 116 heavy (non-hydrogen) atoms. The fraction of sp³-hybridized carbons (Fsp3) is 0.576. The lowest BCUT2D eigenvalue weighted by molar-refractivity contribution is 0.0835. The maximum Gasteiger partial charge on any atom is 0.182 e. The molecule has 0 aliphatic carbocycles. The number of nitrogens with zero attached hydrogens (tertiary/aromatic N) is 16. The summed E-state index contributed by atoms with van der Waals surface area (Å²) in [5.41, 5.74) is 19.2. The molecule has 12 heterocycles. The van der Waals surface area contributed by atoms with Gasteiger partial charge in [-0.3, -0.25) is 9.80 Å². The van der Waals surface area contributed by atoms with Crippen LogP contribution in [-0.4, -0.2) is 169 Å². The highest BCUT2D eigenvalue weighted by atomic mass is 16.5. The molecule has 6 fully saturated rings. The van der Waals surface area contributed by atoms with Gasteiger partial charge in [0.25, 0.3) is 0 Å². The monoisotopic (exact) mass is 1580 g/mol. The molecule has 5 aromatic carbocycles. The van der Waals surface area contributed by atoms with Gasteiger partial charge in [0.15, 0.2) is 11.7 Å². The Morgan fingerprint density at radius 2 is 0.733 bits per heavy atom. The summed E-state index contributed by atoms with van der Waals surface area (Å²) >= 11 is 0. The van der Waals surface area contributed by atoms with Crippen LogP contribution >= 0.6 is 0 Å². The van der Waals surface area contributed by atoms with E-state index >= 15 is 0 Å². The number of benzene rings is 5. The first kappa shape index (κ1) is 86.8. The average Bonchev–Trinajstić information content (AvgIpc) is 1.65. The topological polar surface area (TPSA) is 105 Å². The number of fused-ring (bicyclic) bond motifs is 6. The van der Waals surface area contributed by atoms with Gasteiger partial charge in [-0.1, -0.05) is 171 Å². The first-order chi connectivity index (χ1) is 54.5. The van der Waals surface area contributed by atoms with Gasteiger partial charge in [-0.05, 0) is 229 Å². The molecule has 8 aromatic rings. The van der Waals surface area contributed by atoms with Crippen molar-refractivity contribution in [1.82, 2.24) is 53.7 Å². The second-order valence-electron chi connectivity index (χ2n) is 40.9. The second kappa shape index (κ2) is 35.2. The number of aromatic nitrogens is 7. The molecule has 6 unspecified atom stereocenters. The first-order valence-corrected chi connectivity index (χ1v) is 43.8. The number of ether oxygens (including phenoxy) is 1. The molecule has 0 saturated carbocycles. The number of anilines is 5. The zero-order chi connectivity index (χ0) is 83.7. The largest absolute Gasteiger partial charge is 0.477 e. The van der Waals surface area contributed by atoms with Crippen LogP contribution in [0.4, 0.5) is 28.4 Å². The van der Waals surface area contributed by atoms with Gasteiger partial charge < -0.3 is 52.7 Å². The quantitative estimate of drug-likeness (QED) is 0.163. The molecule has 0 bridgehead atoms. The van der Waals surface area contributed by atoms with Crippen molar-refractivity contribution in [2.75, 3.05) is 116 Å². The van der Waals surface area contributed by atoms with Crippen LogP contribution in [0.25, 0.3) is 0 Å². The highest BCUT2D eigenvalue weighted by Gasteiger charge is 2.37. The Bertz CT molecular complexity index is 4330. The zero-order valence-corrected chi connectivity index (χ0v) is 76.0. The van der Waals surface area contributed by atoms with Crippen molar-refractivity contribution < 1.29 is 4.74 Å². The molecule has 0 radical (unpaired) electrons. The van der Waals surface area contributed by atoms with E-state index in [1.165, 1.54) is 125 Å². The van der Waals surface area contributed by atoms with E-state index in [1.807, 2.05) is 13.8 Å². The highest BCUT2D eigenvalue weighted by molar-refractivity contribution is 5.54. The Labute approximate surface area is 700 Å². The van der Waals surface area contributed by atoms with E-state index in [0.717, 1.165) is 120 Å². The molecular formula is C99H146N16O.